The van der Waals surface area contributed by atoms with E-state index >= 15 is 0 Å². The van der Waals surface area contributed by atoms with Gasteiger partial charge in [-0.05, 0) is 51.1 Å². The second-order valence-electron chi connectivity index (χ2n) is 4.85. The highest BCUT2D eigenvalue weighted by atomic mass is 16.6. The molecule has 0 unspecified atom stereocenters. The van der Waals surface area contributed by atoms with Gasteiger partial charge in [-0.2, -0.15) is 0 Å². The number of oxime groups is 1. The van der Waals surface area contributed by atoms with Crippen LogP contribution in [0.15, 0.2) is 35.5 Å². The molecule has 0 fully saturated rings. The second kappa shape index (κ2) is 6.93. The van der Waals surface area contributed by atoms with Crippen molar-refractivity contribution in [1.29, 1.82) is 0 Å². The van der Waals surface area contributed by atoms with Crippen LogP contribution in [0.4, 0.5) is 0 Å². The van der Waals surface area contributed by atoms with Crippen molar-refractivity contribution in [3.8, 4) is 5.69 Å². The van der Waals surface area contributed by atoms with E-state index in [1.807, 2.05) is 32.0 Å². The van der Waals surface area contributed by atoms with Crippen molar-refractivity contribution in [2.24, 2.45) is 5.16 Å². The zero-order chi connectivity index (χ0) is 16.1. The Balaban J connectivity index is 2.34. The molecular weight excluding hydrogens is 280 g/mol. The molecule has 116 valence electrons. The Labute approximate surface area is 130 Å². The third kappa shape index (κ3) is 3.19. The third-order valence-corrected chi connectivity index (χ3v) is 3.40. The summed E-state index contributed by atoms with van der Waals surface area (Å²) in [7, 11) is 1.52. The molecule has 1 aromatic carbocycles. The molecule has 0 amide bonds. The fourth-order valence-corrected chi connectivity index (χ4v) is 2.39. The van der Waals surface area contributed by atoms with Gasteiger partial charge < -0.3 is 14.1 Å². The Morgan fingerprint density at radius 3 is 2.55 bits per heavy atom. The standard InChI is InChI=1S/C17H20N2O3/c1-5-22-17(20)14-6-8-16(9-7-14)19-12(2)10-15(13(19)3)11-18-21-4/h6-11H,5H2,1-4H3. The minimum Gasteiger partial charge on any atom is -0.462 e. The highest BCUT2D eigenvalue weighted by Gasteiger charge is 2.11. The molecule has 0 aliphatic rings. The van der Waals surface area contributed by atoms with Crippen LogP contribution in [-0.4, -0.2) is 30.5 Å². The number of hydrogen-bond donors (Lipinski definition) is 0. The quantitative estimate of drug-likeness (QED) is 0.484. The summed E-state index contributed by atoms with van der Waals surface area (Å²) >= 11 is 0. The van der Waals surface area contributed by atoms with E-state index in [0.29, 0.717) is 12.2 Å². The molecular formula is C17H20N2O3. The molecule has 0 spiro atoms. The summed E-state index contributed by atoms with van der Waals surface area (Å²) in [5, 5.41) is 3.81. The molecule has 0 bridgehead atoms. The molecule has 5 heteroatoms. The maximum absolute atomic E-state index is 11.7. The lowest BCUT2D eigenvalue weighted by molar-refractivity contribution is 0.0526. The number of carbonyl (C=O) groups excluding carboxylic acids is 1. The summed E-state index contributed by atoms with van der Waals surface area (Å²) in [4.78, 5) is 16.4. The predicted molar refractivity (Wildman–Crippen MR) is 85.8 cm³/mol. The minimum absolute atomic E-state index is 0.303. The van der Waals surface area contributed by atoms with Crippen molar-refractivity contribution in [2.45, 2.75) is 20.8 Å². The first-order valence-electron chi connectivity index (χ1n) is 7.11. The van der Waals surface area contributed by atoms with Gasteiger partial charge in [0.25, 0.3) is 0 Å². The molecule has 0 saturated heterocycles. The number of hydrogen-bond acceptors (Lipinski definition) is 4. The molecule has 5 nitrogen and oxygen atoms in total. The number of carbonyl (C=O) groups is 1. The van der Waals surface area contributed by atoms with Crippen molar-refractivity contribution >= 4 is 12.2 Å². The molecule has 2 rings (SSSR count). The molecule has 0 saturated carbocycles. The van der Waals surface area contributed by atoms with E-state index in [0.717, 1.165) is 22.6 Å². The van der Waals surface area contributed by atoms with E-state index < -0.39 is 0 Å². The van der Waals surface area contributed by atoms with Crippen LogP contribution in [-0.2, 0) is 9.57 Å². The van der Waals surface area contributed by atoms with E-state index in [1.165, 1.54) is 7.11 Å². The van der Waals surface area contributed by atoms with Gasteiger partial charge in [-0.3, -0.25) is 0 Å². The van der Waals surface area contributed by atoms with E-state index in [4.69, 9.17) is 9.57 Å². The maximum Gasteiger partial charge on any atom is 0.338 e. The van der Waals surface area contributed by atoms with Crippen LogP contribution in [0.2, 0.25) is 0 Å². The molecule has 0 aliphatic carbocycles. The van der Waals surface area contributed by atoms with Gasteiger partial charge in [0, 0.05) is 22.6 Å². The summed E-state index contributed by atoms with van der Waals surface area (Å²) in [5.41, 5.74) is 4.67. The number of rotatable bonds is 5. The molecule has 1 heterocycles. The average Bonchev–Trinajstić information content (AvgIpc) is 2.80. The topological polar surface area (TPSA) is 52.8 Å². The summed E-state index contributed by atoms with van der Waals surface area (Å²) in [5.74, 6) is -0.303. The lowest BCUT2D eigenvalue weighted by Crippen LogP contribution is -2.05. The Kier molecular flexibility index (Phi) is 4.99. The fourth-order valence-electron chi connectivity index (χ4n) is 2.39. The SMILES string of the molecule is CCOC(=O)c1ccc(-n2c(C)cc(C=NOC)c2C)cc1. The Morgan fingerprint density at radius 1 is 1.27 bits per heavy atom. The zero-order valence-corrected chi connectivity index (χ0v) is 13.3. The van der Waals surface area contributed by atoms with Crippen LogP contribution in [0.3, 0.4) is 0 Å². The normalized spacial score (nSPS) is 10.9. The van der Waals surface area contributed by atoms with Gasteiger partial charge in [0.05, 0.1) is 18.4 Å². The number of aromatic nitrogens is 1. The largest absolute Gasteiger partial charge is 0.462 e. The monoisotopic (exact) mass is 300 g/mol. The van der Waals surface area contributed by atoms with Gasteiger partial charge >= 0.3 is 5.97 Å². The summed E-state index contributed by atoms with van der Waals surface area (Å²) in [6.45, 7) is 6.21. The van der Waals surface area contributed by atoms with Gasteiger partial charge in [-0.25, -0.2) is 4.79 Å². The lowest BCUT2D eigenvalue weighted by atomic mass is 10.2. The van der Waals surface area contributed by atoms with Crippen LogP contribution in [0.1, 0.15) is 34.2 Å². The summed E-state index contributed by atoms with van der Waals surface area (Å²) in [6, 6.07) is 9.40. The predicted octanol–water partition coefficient (Wildman–Crippen LogP) is 3.25. The van der Waals surface area contributed by atoms with Gasteiger partial charge in [-0.15, -0.1) is 0 Å². The number of aryl methyl sites for hydroxylation is 1. The van der Waals surface area contributed by atoms with E-state index in [9.17, 15) is 4.79 Å². The number of esters is 1. The van der Waals surface area contributed by atoms with Crippen LogP contribution >= 0.6 is 0 Å². The third-order valence-electron chi connectivity index (χ3n) is 3.40. The fraction of sp³-hybridized carbons (Fsp3) is 0.294. The summed E-state index contributed by atoms with van der Waals surface area (Å²) in [6.07, 6.45) is 1.69. The van der Waals surface area contributed by atoms with Crippen molar-refractivity contribution in [2.75, 3.05) is 13.7 Å². The molecule has 0 N–H and O–H groups in total. The van der Waals surface area contributed by atoms with Crippen LogP contribution in [0, 0.1) is 13.8 Å². The van der Waals surface area contributed by atoms with Gasteiger partial charge in [0.15, 0.2) is 0 Å². The molecule has 0 atom stereocenters. The van der Waals surface area contributed by atoms with Gasteiger partial charge in [-0.1, -0.05) is 5.16 Å². The first-order chi connectivity index (χ1) is 10.6. The first kappa shape index (κ1) is 15.8. The number of nitrogens with zero attached hydrogens (tertiary/aromatic N) is 2. The highest BCUT2D eigenvalue weighted by Crippen LogP contribution is 2.20. The van der Waals surface area contributed by atoms with Crippen LogP contribution in [0.5, 0.6) is 0 Å². The van der Waals surface area contributed by atoms with E-state index in [2.05, 4.69) is 9.72 Å². The molecule has 22 heavy (non-hydrogen) atoms. The van der Waals surface area contributed by atoms with Crippen LogP contribution < -0.4 is 0 Å². The van der Waals surface area contributed by atoms with Crippen molar-refractivity contribution in [3.05, 3.63) is 52.8 Å². The van der Waals surface area contributed by atoms with E-state index in [-0.39, 0.29) is 5.97 Å². The second-order valence-corrected chi connectivity index (χ2v) is 4.85. The van der Waals surface area contributed by atoms with Crippen molar-refractivity contribution < 1.29 is 14.4 Å². The van der Waals surface area contributed by atoms with E-state index in [1.54, 1.807) is 25.3 Å². The van der Waals surface area contributed by atoms with Gasteiger partial charge in [0.2, 0.25) is 0 Å². The number of ether oxygens (including phenoxy) is 1. The Morgan fingerprint density at radius 2 is 1.95 bits per heavy atom. The zero-order valence-electron chi connectivity index (χ0n) is 13.3. The molecule has 1 aromatic heterocycles. The lowest BCUT2D eigenvalue weighted by Gasteiger charge is -2.10. The molecule has 0 radical (unpaired) electrons. The Bertz CT molecular complexity index is 685. The molecule has 0 aliphatic heterocycles. The smallest absolute Gasteiger partial charge is 0.338 e. The maximum atomic E-state index is 11.7. The minimum atomic E-state index is -0.303. The average molecular weight is 300 g/mol. The van der Waals surface area contributed by atoms with Gasteiger partial charge in [0.1, 0.15) is 7.11 Å². The summed E-state index contributed by atoms with van der Waals surface area (Å²) < 4.78 is 7.10. The first-order valence-corrected chi connectivity index (χ1v) is 7.11. The number of benzene rings is 1. The van der Waals surface area contributed by atoms with Crippen molar-refractivity contribution in [1.82, 2.24) is 4.57 Å². The molecule has 2 aromatic rings. The highest BCUT2D eigenvalue weighted by molar-refractivity contribution is 5.89. The van der Waals surface area contributed by atoms with Crippen molar-refractivity contribution in [3.63, 3.8) is 0 Å². The Hall–Kier alpha value is -2.56. The van der Waals surface area contributed by atoms with Crippen LogP contribution in [0.25, 0.3) is 5.69 Å².